The Morgan fingerprint density at radius 1 is 0.826 bits per heavy atom. The molecule has 2 unspecified atom stereocenters. The van der Waals surface area contributed by atoms with Crippen LogP contribution >= 0.6 is 0 Å². The van der Waals surface area contributed by atoms with Crippen molar-refractivity contribution < 1.29 is 9.53 Å². The standard InChI is InChI=1S/C17H34N4O2/c1-17(2,3)23-16(22)21-10-5-9-19-11-7-18-6-4-8-20(13-12-19)14-15-21/h18H,4-15H2,1-3H3. The van der Waals surface area contributed by atoms with Crippen LogP contribution in [0.15, 0.2) is 0 Å². The lowest BCUT2D eigenvalue weighted by atomic mass is 10.2. The van der Waals surface area contributed by atoms with Crippen LogP contribution in [0.25, 0.3) is 0 Å². The summed E-state index contributed by atoms with van der Waals surface area (Å²) in [4.78, 5) is 19.3. The molecule has 6 heteroatoms. The summed E-state index contributed by atoms with van der Waals surface area (Å²) in [7, 11) is 0. The summed E-state index contributed by atoms with van der Waals surface area (Å²) < 4.78 is 5.57. The molecule has 0 radical (unpaired) electrons. The Morgan fingerprint density at radius 2 is 1.48 bits per heavy atom. The zero-order valence-corrected chi connectivity index (χ0v) is 15.1. The second-order valence-corrected chi connectivity index (χ2v) is 7.61. The van der Waals surface area contributed by atoms with E-state index in [2.05, 4.69) is 15.1 Å². The summed E-state index contributed by atoms with van der Waals surface area (Å²) >= 11 is 0. The molecule has 2 aliphatic rings. The van der Waals surface area contributed by atoms with Crippen LogP contribution in [0.3, 0.4) is 0 Å². The van der Waals surface area contributed by atoms with E-state index in [0.717, 1.165) is 71.9 Å². The highest BCUT2D eigenvalue weighted by atomic mass is 16.6. The number of carbonyl (C=O) groups is 1. The van der Waals surface area contributed by atoms with E-state index >= 15 is 0 Å². The fourth-order valence-corrected chi connectivity index (χ4v) is 3.11. The lowest BCUT2D eigenvalue weighted by molar-refractivity contribution is 0.0210. The molecular formula is C17H34N4O2. The predicted molar refractivity (Wildman–Crippen MR) is 92.8 cm³/mol. The Labute approximate surface area is 141 Å². The molecule has 2 atom stereocenters. The summed E-state index contributed by atoms with van der Waals surface area (Å²) in [6.07, 6.45) is 2.02. The Bertz CT molecular complexity index is 370. The minimum atomic E-state index is -0.426. The van der Waals surface area contributed by atoms with Crippen molar-refractivity contribution in [2.75, 3.05) is 65.4 Å². The molecule has 23 heavy (non-hydrogen) atoms. The van der Waals surface area contributed by atoms with Crippen molar-refractivity contribution >= 4 is 6.09 Å². The number of nitrogens with zero attached hydrogens (tertiary/aromatic N) is 3. The monoisotopic (exact) mass is 326 g/mol. The quantitative estimate of drug-likeness (QED) is 0.725. The molecule has 0 aromatic carbocycles. The van der Waals surface area contributed by atoms with E-state index in [1.54, 1.807) is 0 Å². The first-order valence-electron chi connectivity index (χ1n) is 9.07. The third kappa shape index (κ3) is 7.06. The van der Waals surface area contributed by atoms with Gasteiger partial charge in [0.05, 0.1) is 0 Å². The number of fused-ring (bicyclic) bond motifs is 3. The molecular weight excluding hydrogens is 292 g/mol. The zero-order valence-electron chi connectivity index (χ0n) is 15.1. The van der Waals surface area contributed by atoms with Crippen LogP contribution in [0, 0.1) is 0 Å². The SMILES string of the molecule is CC(C)(C)OC(=O)N1CCCN2CCNCCCN(CC2)CC1. The first kappa shape index (κ1) is 18.5. The lowest BCUT2D eigenvalue weighted by Gasteiger charge is -2.34. The molecule has 0 saturated carbocycles. The molecule has 1 amide bonds. The van der Waals surface area contributed by atoms with Gasteiger partial charge in [-0.2, -0.15) is 0 Å². The first-order valence-corrected chi connectivity index (χ1v) is 9.07. The topological polar surface area (TPSA) is 48.1 Å². The van der Waals surface area contributed by atoms with Gasteiger partial charge in [0.15, 0.2) is 0 Å². The Hall–Kier alpha value is -0.850. The van der Waals surface area contributed by atoms with Crippen LogP contribution in [0.4, 0.5) is 4.79 Å². The number of carbonyl (C=O) groups excluding carboxylic acids is 1. The largest absolute Gasteiger partial charge is 0.444 e. The minimum Gasteiger partial charge on any atom is -0.444 e. The molecule has 2 fully saturated rings. The molecule has 2 bridgehead atoms. The number of hydrogen-bond acceptors (Lipinski definition) is 5. The van der Waals surface area contributed by atoms with Gasteiger partial charge in [-0.1, -0.05) is 0 Å². The highest BCUT2D eigenvalue weighted by molar-refractivity contribution is 5.68. The van der Waals surface area contributed by atoms with Crippen molar-refractivity contribution in [2.45, 2.75) is 39.2 Å². The highest BCUT2D eigenvalue weighted by Gasteiger charge is 2.23. The van der Waals surface area contributed by atoms with Crippen LogP contribution in [-0.2, 0) is 4.74 Å². The molecule has 0 aliphatic carbocycles. The third-order valence-corrected chi connectivity index (χ3v) is 4.41. The molecule has 2 aliphatic heterocycles. The molecule has 0 aromatic rings. The summed E-state index contributed by atoms with van der Waals surface area (Å²) in [6.45, 7) is 15.9. The third-order valence-electron chi connectivity index (χ3n) is 4.41. The Balaban J connectivity index is 1.97. The van der Waals surface area contributed by atoms with Crippen molar-refractivity contribution in [3.63, 3.8) is 0 Å². The maximum absolute atomic E-state index is 12.4. The second-order valence-electron chi connectivity index (χ2n) is 7.61. The van der Waals surface area contributed by atoms with E-state index in [1.165, 1.54) is 6.42 Å². The van der Waals surface area contributed by atoms with Crippen LogP contribution in [0.5, 0.6) is 0 Å². The number of amides is 1. The lowest BCUT2D eigenvalue weighted by Crippen LogP contribution is -2.48. The maximum Gasteiger partial charge on any atom is 0.410 e. The van der Waals surface area contributed by atoms with E-state index in [1.807, 2.05) is 25.7 Å². The van der Waals surface area contributed by atoms with Gasteiger partial charge in [0.2, 0.25) is 0 Å². The van der Waals surface area contributed by atoms with E-state index in [0.29, 0.717) is 0 Å². The van der Waals surface area contributed by atoms with E-state index in [9.17, 15) is 4.79 Å². The van der Waals surface area contributed by atoms with Gasteiger partial charge in [-0.3, -0.25) is 0 Å². The van der Waals surface area contributed by atoms with Gasteiger partial charge >= 0.3 is 6.09 Å². The molecule has 1 N–H and O–H groups in total. The zero-order chi connectivity index (χ0) is 16.7. The summed E-state index contributed by atoms with van der Waals surface area (Å²) in [5.41, 5.74) is -0.426. The molecule has 0 aromatic heterocycles. The van der Waals surface area contributed by atoms with Gasteiger partial charge < -0.3 is 24.8 Å². The van der Waals surface area contributed by atoms with Gasteiger partial charge in [-0.15, -0.1) is 0 Å². The second kappa shape index (κ2) is 8.85. The van der Waals surface area contributed by atoms with Crippen LogP contribution in [0.1, 0.15) is 33.6 Å². The smallest absolute Gasteiger partial charge is 0.410 e. The Morgan fingerprint density at radius 3 is 2.22 bits per heavy atom. The highest BCUT2D eigenvalue weighted by Crippen LogP contribution is 2.11. The number of rotatable bonds is 0. The molecule has 134 valence electrons. The molecule has 6 nitrogen and oxygen atoms in total. The average molecular weight is 326 g/mol. The van der Waals surface area contributed by atoms with Crippen LogP contribution < -0.4 is 5.32 Å². The molecule has 2 heterocycles. The maximum atomic E-state index is 12.4. The van der Waals surface area contributed by atoms with E-state index in [4.69, 9.17) is 4.74 Å². The van der Waals surface area contributed by atoms with Crippen LogP contribution in [0.2, 0.25) is 0 Å². The first-order chi connectivity index (χ1) is 10.9. The van der Waals surface area contributed by atoms with Crippen molar-refractivity contribution in [2.24, 2.45) is 0 Å². The van der Waals surface area contributed by atoms with Gasteiger partial charge in [0, 0.05) is 45.8 Å². The normalized spacial score (nSPS) is 28.2. The summed E-state index contributed by atoms with van der Waals surface area (Å²) in [5.74, 6) is 0. The fraction of sp³-hybridized carbons (Fsp3) is 0.941. The van der Waals surface area contributed by atoms with Crippen molar-refractivity contribution in [3.8, 4) is 0 Å². The molecule has 2 saturated heterocycles. The summed E-state index contributed by atoms with van der Waals surface area (Å²) in [6, 6.07) is 0. The van der Waals surface area contributed by atoms with Crippen LogP contribution in [-0.4, -0.2) is 91.8 Å². The van der Waals surface area contributed by atoms with Gasteiger partial charge in [0.1, 0.15) is 5.60 Å². The van der Waals surface area contributed by atoms with Crippen molar-refractivity contribution in [3.05, 3.63) is 0 Å². The number of hydrogen-bond donors (Lipinski definition) is 1. The van der Waals surface area contributed by atoms with Crippen molar-refractivity contribution in [1.29, 1.82) is 0 Å². The molecule has 0 spiro atoms. The Kier molecular flexibility index (Phi) is 7.11. The minimum absolute atomic E-state index is 0.168. The fourth-order valence-electron chi connectivity index (χ4n) is 3.11. The van der Waals surface area contributed by atoms with E-state index < -0.39 is 5.60 Å². The van der Waals surface area contributed by atoms with Gasteiger partial charge in [0.25, 0.3) is 0 Å². The summed E-state index contributed by atoms with van der Waals surface area (Å²) in [5, 5.41) is 3.52. The number of ether oxygens (including phenoxy) is 1. The number of nitrogens with one attached hydrogen (secondary N) is 1. The van der Waals surface area contributed by atoms with Gasteiger partial charge in [-0.25, -0.2) is 4.79 Å². The van der Waals surface area contributed by atoms with Crippen molar-refractivity contribution in [1.82, 2.24) is 20.0 Å². The average Bonchev–Trinajstić information content (AvgIpc) is 2.48. The van der Waals surface area contributed by atoms with Gasteiger partial charge in [-0.05, 0) is 53.2 Å². The predicted octanol–water partition coefficient (Wildman–Crippen LogP) is 1.22. The van der Waals surface area contributed by atoms with E-state index in [-0.39, 0.29) is 6.09 Å². The molecule has 2 rings (SSSR count).